The number of benzene rings is 1. The van der Waals surface area contributed by atoms with Crippen LogP contribution in [0, 0.1) is 24.1 Å². The van der Waals surface area contributed by atoms with Crippen LogP contribution in [0.4, 0.5) is 14.9 Å². The number of carbonyl (C=O) groups is 2. The van der Waals surface area contributed by atoms with E-state index >= 15 is 0 Å². The van der Waals surface area contributed by atoms with Crippen LogP contribution in [0.15, 0.2) is 30.6 Å². The van der Waals surface area contributed by atoms with Crippen LogP contribution in [0.1, 0.15) is 16.0 Å². The zero-order valence-corrected chi connectivity index (χ0v) is 19.6. The quantitative estimate of drug-likeness (QED) is 0.552. The highest BCUT2D eigenvalue weighted by atomic mass is 35.5. The van der Waals surface area contributed by atoms with Crippen molar-refractivity contribution in [2.75, 3.05) is 12.0 Å². The van der Waals surface area contributed by atoms with Gasteiger partial charge in [-0.2, -0.15) is 5.26 Å². The number of aryl methyl sites for hydroxylation is 1. The van der Waals surface area contributed by atoms with Crippen molar-refractivity contribution >= 4 is 67.3 Å². The Morgan fingerprint density at radius 2 is 2.12 bits per heavy atom. The summed E-state index contributed by atoms with van der Waals surface area (Å²) in [6.07, 6.45) is 4.81. The van der Waals surface area contributed by atoms with Crippen LogP contribution in [0.2, 0.25) is 5.02 Å². The topological polar surface area (TPSA) is 95.3 Å². The van der Waals surface area contributed by atoms with Crippen LogP contribution in [-0.4, -0.2) is 35.3 Å². The Kier molecular flexibility index (Phi) is 5.28. The third-order valence-corrected chi connectivity index (χ3v) is 8.34. The van der Waals surface area contributed by atoms with E-state index < -0.39 is 29.0 Å². The molecule has 1 fully saturated rings. The second kappa shape index (κ2) is 8.02. The number of hydrogen-bond acceptors (Lipinski definition) is 7. The van der Waals surface area contributed by atoms with E-state index in [0.717, 1.165) is 11.0 Å². The van der Waals surface area contributed by atoms with Crippen LogP contribution in [0.5, 0.6) is 5.75 Å². The van der Waals surface area contributed by atoms with Gasteiger partial charge in [-0.1, -0.05) is 11.6 Å². The summed E-state index contributed by atoms with van der Waals surface area (Å²) in [7, 11) is 1.35. The number of methoxy groups -OCH3 is 1. The number of hydrogen-bond donors (Lipinski definition) is 1. The Balaban J connectivity index is 1.53. The predicted octanol–water partition coefficient (Wildman–Crippen LogP) is 4.86. The number of halogens is 2. The average Bonchev–Trinajstić information content (AvgIpc) is 3.35. The number of nitrogens with one attached hydrogen (secondary N) is 1. The molecule has 0 radical (unpaired) electrons. The largest absolute Gasteiger partial charge is 0.494 e. The lowest BCUT2D eigenvalue weighted by Crippen LogP contribution is -2.60. The molecular weight excluding hydrogens is 487 g/mol. The molecule has 166 valence electrons. The summed E-state index contributed by atoms with van der Waals surface area (Å²) < 4.78 is 19.7. The standard InChI is InChI=1S/C22H14ClFN4O3S2/c1-9-17(6-25)32-18-8-26-7-14(19(9)18)28-21(29)20-13(27-22(28)30)5-16(33-20)10-3-15(31-2)12(24)4-11(10)23/h3-5,7-8,13,20H,1-2H3,(H,27,30). The summed E-state index contributed by atoms with van der Waals surface area (Å²) in [4.78, 5) is 32.9. The first kappa shape index (κ1) is 21.7. The number of imide groups is 1. The molecule has 4 heterocycles. The van der Waals surface area contributed by atoms with Gasteiger partial charge in [0.15, 0.2) is 11.6 Å². The molecule has 2 aliphatic rings. The number of aromatic nitrogens is 1. The van der Waals surface area contributed by atoms with Gasteiger partial charge in [0.05, 0.1) is 34.8 Å². The minimum absolute atomic E-state index is 0.0294. The van der Waals surface area contributed by atoms with Crippen molar-refractivity contribution in [2.24, 2.45) is 0 Å². The second-order valence-corrected chi connectivity index (χ2v) is 10.0. The number of carbonyl (C=O) groups excluding carboxylic acids is 2. The van der Waals surface area contributed by atoms with Crippen LogP contribution in [0.25, 0.3) is 15.0 Å². The van der Waals surface area contributed by atoms with E-state index in [4.69, 9.17) is 16.3 Å². The number of nitriles is 1. The highest BCUT2D eigenvalue weighted by molar-refractivity contribution is 8.09. The smallest absolute Gasteiger partial charge is 0.329 e. The van der Waals surface area contributed by atoms with E-state index in [1.807, 2.05) is 0 Å². The zero-order valence-electron chi connectivity index (χ0n) is 17.2. The summed E-state index contributed by atoms with van der Waals surface area (Å²) in [5, 5.41) is 12.4. The molecular formula is C22H14ClFN4O3S2. The summed E-state index contributed by atoms with van der Waals surface area (Å²) in [6, 6.07) is 3.63. The minimum atomic E-state index is -0.644. The molecule has 1 saturated heterocycles. The lowest BCUT2D eigenvalue weighted by atomic mass is 10.1. The molecule has 3 aromatic rings. The summed E-state index contributed by atoms with van der Waals surface area (Å²) in [6.45, 7) is 1.78. The number of amides is 3. The van der Waals surface area contributed by atoms with Gasteiger partial charge in [-0.05, 0) is 30.7 Å². The second-order valence-electron chi connectivity index (χ2n) is 7.38. The number of thioether (sulfide) groups is 1. The molecule has 33 heavy (non-hydrogen) atoms. The zero-order chi connectivity index (χ0) is 23.4. The SMILES string of the molecule is COc1cc(C2=CC3NC(=O)N(c4cncc5sc(C#N)c(C)c45)C(=O)C3S2)c(Cl)cc1F. The molecule has 7 nitrogen and oxygen atoms in total. The summed E-state index contributed by atoms with van der Waals surface area (Å²) in [5.74, 6) is -0.975. The van der Waals surface area contributed by atoms with Crippen LogP contribution < -0.4 is 15.0 Å². The third-order valence-electron chi connectivity index (χ3n) is 5.54. The van der Waals surface area contributed by atoms with E-state index in [1.54, 1.807) is 19.2 Å². The number of fused-ring (bicyclic) bond motifs is 2. The van der Waals surface area contributed by atoms with Crippen molar-refractivity contribution in [3.8, 4) is 11.8 Å². The van der Waals surface area contributed by atoms with Crippen molar-refractivity contribution < 1.29 is 18.7 Å². The third kappa shape index (κ3) is 3.35. The maximum Gasteiger partial charge on any atom is 0.329 e. The lowest BCUT2D eigenvalue weighted by Gasteiger charge is -2.33. The number of ether oxygens (including phenoxy) is 1. The maximum atomic E-state index is 14.0. The molecule has 0 bridgehead atoms. The van der Waals surface area contributed by atoms with Gasteiger partial charge in [0.25, 0.3) is 5.91 Å². The van der Waals surface area contributed by atoms with Crippen LogP contribution >= 0.6 is 34.7 Å². The number of nitrogens with zero attached hydrogens (tertiary/aromatic N) is 3. The number of rotatable bonds is 3. The van der Waals surface area contributed by atoms with E-state index in [2.05, 4.69) is 16.4 Å². The Hall–Kier alpha value is -3.13. The fourth-order valence-corrected chi connectivity index (χ4v) is 6.57. The number of pyridine rings is 1. The first-order valence-corrected chi connectivity index (χ1v) is 11.7. The number of anilines is 1. The van der Waals surface area contributed by atoms with Gasteiger partial charge < -0.3 is 10.1 Å². The van der Waals surface area contributed by atoms with Gasteiger partial charge in [0, 0.05) is 22.1 Å². The molecule has 2 aromatic heterocycles. The molecule has 3 amide bonds. The highest BCUT2D eigenvalue weighted by Crippen LogP contribution is 2.46. The maximum absolute atomic E-state index is 14.0. The fourth-order valence-electron chi connectivity index (χ4n) is 3.97. The molecule has 2 unspecified atom stereocenters. The number of thiophene rings is 1. The van der Waals surface area contributed by atoms with E-state index in [1.165, 1.54) is 42.5 Å². The van der Waals surface area contributed by atoms with Crippen molar-refractivity contribution in [1.82, 2.24) is 10.3 Å². The Morgan fingerprint density at radius 1 is 1.33 bits per heavy atom. The molecule has 0 spiro atoms. The van der Waals surface area contributed by atoms with Gasteiger partial charge >= 0.3 is 6.03 Å². The van der Waals surface area contributed by atoms with Gasteiger partial charge in [-0.3, -0.25) is 9.78 Å². The van der Waals surface area contributed by atoms with Crippen LogP contribution in [-0.2, 0) is 4.79 Å². The first-order valence-electron chi connectivity index (χ1n) is 9.67. The molecule has 2 atom stereocenters. The lowest BCUT2D eigenvalue weighted by molar-refractivity contribution is -0.118. The fraction of sp³-hybridized carbons (Fsp3) is 0.182. The normalized spacial score (nSPS) is 19.8. The number of urea groups is 1. The van der Waals surface area contributed by atoms with Crippen molar-refractivity contribution in [1.29, 1.82) is 5.26 Å². The summed E-state index contributed by atoms with van der Waals surface area (Å²) in [5.41, 5.74) is 1.54. The minimum Gasteiger partial charge on any atom is -0.494 e. The molecule has 11 heteroatoms. The van der Waals surface area contributed by atoms with Crippen molar-refractivity contribution in [3.05, 3.63) is 57.4 Å². The predicted molar refractivity (Wildman–Crippen MR) is 126 cm³/mol. The molecule has 0 saturated carbocycles. The molecule has 1 aromatic carbocycles. The molecule has 5 rings (SSSR count). The first-order chi connectivity index (χ1) is 15.8. The van der Waals surface area contributed by atoms with E-state index in [-0.39, 0.29) is 10.8 Å². The van der Waals surface area contributed by atoms with Crippen LogP contribution in [0.3, 0.4) is 0 Å². The molecule has 2 aliphatic heterocycles. The van der Waals surface area contributed by atoms with Gasteiger partial charge in [0.2, 0.25) is 0 Å². The Bertz CT molecular complexity index is 1430. The van der Waals surface area contributed by atoms with Gasteiger partial charge in [0.1, 0.15) is 16.2 Å². The Morgan fingerprint density at radius 3 is 2.85 bits per heavy atom. The monoisotopic (exact) mass is 500 g/mol. The molecule has 1 N–H and O–H groups in total. The van der Waals surface area contributed by atoms with Gasteiger partial charge in [-0.15, -0.1) is 23.1 Å². The Labute approximate surface area is 200 Å². The van der Waals surface area contributed by atoms with Crippen molar-refractivity contribution in [2.45, 2.75) is 18.2 Å². The van der Waals surface area contributed by atoms with Gasteiger partial charge in [-0.25, -0.2) is 14.1 Å². The highest BCUT2D eigenvalue weighted by Gasteiger charge is 2.46. The molecule has 0 aliphatic carbocycles. The van der Waals surface area contributed by atoms with E-state index in [9.17, 15) is 19.2 Å². The summed E-state index contributed by atoms with van der Waals surface area (Å²) >= 11 is 8.76. The average molecular weight is 501 g/mol. The van der Waals surface area contributed by atoms with Crippen molar-refractivity contribution in [3.63, 3.8) is 0 Å². The van der Waals surface area contributed by atoms with E-state index in [0.29, 0.717) is 36.7 Å².